The zero-order valence-electron chi connectivity index (χ0n) is 18.1. The third kappa shape index (κ3) is 3.32. The van der Waals surface area contributed by atoms with E-state index in [-0.39, 0.29) is 35.5 Å². The Balaban J connectivity index is 1.21. The molecule has 7 rings (SSSR count). The Morgan fingerprint density at radius 3 is 2.36 bits per heavy atom. The standard InChI is InChI=1S/C26H23BrN2O4/c1-32-21-10-15(9-20(27)24(21)33-13-14-5-3-2-4-6-14)12-28-29-25(30)22-16-7-8-17(19-11-18(16)19)23(22)26(29)31/h2-10,12,16-19,22-23H,11,13H2,1H3/t16-,17-,18-,19+,22-,23+/m0/s1. The summed E-state index contributed by atoms with van der Waals surface area (Å²) in [5, 5.41) is 5.41. The number of nitrogens with zero attached hydrogens (tertiary/aromatic N) is 2. The lowest BCUT2D eigenvalue weighted by atomic mass is 9.63. The van der Waals surface area contributed by atoms with Crippen LogP contribution < -0.4 is 9.47 Å². The van der Waals surface area contributed by atoms with Crippen molar-refractivity contribution in [2.24, 2.45) is 40.6 Å². The number of halogens is 1. The molecular formula is C26H23BrN2O4. The normalized spacial score (nSPS) is 31.2. The van der Waals surface area contributed by atoms with Crippen molar-refractivity contribution in [2.75, 3.05) is 7.11 Å². The number of imide groups is 1. The summed E-state index contributed by atoms with van der Waals surface area (Å²) in [5.74, 6) is 1.83. The summed E-state index contributed by atoms with van der Waals surface area (Å²) in [6, 6.07) is 13.5. The highest BCUT2D eigenvalue weighted by Gasteiger charge is 2.67. The van der Waals surface area contributed by atoms with Gasteiger partial charge in [-0.05, 0) is 69.3 Å². The summed E-state index contributed by atoms with van der Waals surface area (Å²) in [7, 11) is 1.57. The number of carbonyl (C=O) groups excluding carboxylic acids is 2. The van der Waals surface area contributed by atoms with Crippen LogP contribution in [0.25, 0.3) is 0 Å². The molecule has 1 aliphatic heterocycles. The number of amides is 2. The van der Waals surface area contributed by atoms with Gasteiger partial charge in [-0.25, -0.2) is 0 Å². The van der Waals surface area contributed by atoms with Crippen molar-refractivity contribution in [3.63, 3.8) is 0 Å². The molecule has 1 saturated heterocycles. The largest absolute Gasteiger partial charge is 0.493 e. The van der Waals surface area contributed by atoms with E-state index < -0.39 is 0 Å². The van der Waals surface area contributed by atoms with Gasteiger partial charge in [0, 0.05) is 0 Å². The number of hydrogen-bond donors (Lipinski definition) is 0. The van der Waals surface area contributed by atoms with Gasteiger partial charge < -0.3 is 9.47 Å². The number of carbonyl (C=O) groups is 2. The number of rotatable bonds is 6. The summed E-state index contributed by atoms with van der Waals surface area (Å²) < 4.78 is 12.2. The highest BCUT2D eigenvalue weighted by atomic mass is 79.9. The van der Waals surface area contributed by atoms with Crippen molar-refractivity contribution in [3.8, 4) is 11.5 Å². The van der Waals surface area contributed by atoms with Gasteiger partial charge in [0.25, 0.3) is 11.8 Å². The van der Waals surface area contributed by atoms with Crippen molar-refractivity contribution >= 4 is 34.0 Å². The van der Waals surface area contributed by atoms with E-state index in [0.29, 0.717) is 40.0 Å². The maximum atomic E-state index is 13.1. The molecule has 2 aromatic carbocycles. The van der Waals surface area contributed by atoms with Gasteiger partial charge in [0.15, 0.2) is 11.5 Å². The highest BCUT2D eigenvalue weighted by molar-refractivity contribution is 9.10. The fourth-order valence-electron chi connectivity index (χ4n) is 5.86. The number of allylic oxidation sites excluding steroid dienone is 2. The molecule has 6 atom stereocenters. The van der Waals surface area contributed by atoms with Gasteiger partial charge in [-0.1, -0.05) is 42.5 Å². The van der Waals surface area contributed by atoms with E-state index in [4.69, 9.17) is 9.47 Å². The first-order valence-corrected chi connectivity index (χ1v) is 12.0. The minimum atomic E-state index is -0.247. The zero-order chi connectivity index (χ0) is 22.7. The lowest BCUT2D eigenvalue weighted by Gasteiger charge is -2.37. The molecule has 0 aromatic heterocycles. The van der Waals surface area contributed by atoms with E-state index in [1.165, 1.54) is 6.21 Å². The molecule has 2 aromatic rings. The van der Waals surface area contributed by atoms with Crippen LogP contribution in [0.15, 0.2) is 64.2 Å². The number of benzene rings is 2. The van der Waals surface area contributed by atoms with Gasteiger partial charge in [-0.3, -0.25) is 9.59 Å². The second kappa shape index (κ2) is 7.83. The summed E-state index contributed by atoms with van der Waals surface area (Å²) in [6.45, 7) is 0.404. The molecule has 4 aliphatic carbocycles. The topological polar surface area (TPSA) is 68.2 Å². The van der Waals surface area contributed by atoms with Crippen LogP contribution in [-0.4, -0.2) is 30.1 Å². The number of methoxy groups -OCH3 is 1. The van der Waals surface area contributed by atoms with E-state index in [1.54, 1.807) is 13.2 Å². The van der Waals surface area contributed by atoms with Crippen LogP contribution in [0.1, 0.15) is 17.5 Å². The zero-order valence-corrected chi connectivity index (χ0v) is 19.6. The van der Waals surface area contributed by atoms with Crippen LogP contribution in [0.5, 0.6) is 11.5 Å². The fourth-order valence-corrected chi connectivity index (χ4v) is 6.44. The minimum absolute atomic E-state index is 0.167. The van der Waals surface area contributed by atoms with E-state index in [0.717, 1.165) is 17.0 Å². The summed E-state index contributed by atoms with van der Waals surface area (Å²) in [5.41, 5.74) is 1.75. The third-order valence-electron chi connectivity index (χ3n) is 7.44. The van der Waals surface area contributed by atoms with E-state index in [9.17, 15) is 9.59 Å². The molecule has 2 amide bonds. The second-order valence-electron chi connectivity index (χ2n) is 9.20. The van der Waals surface area contributed by atoms with Crippen molar-refractivity contribution in [1.29, 1.82) is 0 Å². The molecule has 0 spiro atoms. The molecule has 6 nitrogen and oxygen atoms in total. The van der Waals surface area contributed by atoms with Gasteiger partial charge in [-0.15, -0.1) is 0 Å². The van der Waals surface area contributed by atoms with E-state index in [1.807, 2.05) is 36.4 Å². The van der Waals surface area contributed by atoms with Gasteiger partial charge in [0.05, 0.1) is 29.6 Å². The van der Waals surface area contributed by atoms with Crippen LogP contribution in [0.2, 0.25) is 0 Å². The number of hydrogen-bond acceptors (Lipinski definition) is 5. The van der Waals surface area contributed by atoms with E-state index in [2.05, 4.69) is 33.2 Å². The molecule has 1 heterocycles. The lowest BCUT2D eigenvalue weighted by molar-refractivity contribution is -0.140. The van der Waals surface area contributed by atoms with Crippen LogP contribution >= 0.6 is 15.9 Å². The Bertz CT molecular complexity index is 1160. The van der Waals surface area contributed by atoms with Crippen LogP contribution in [0.3, 0.4) is 0 Å². The average molecular weight is 507 g/mol. The Morgan fingerprint density at radius 2 is 1.73 bits per heavy atom. The molecule has 0 unspecified atom stereocenters. The number of hydrazone groups is 1. The highest BCUT2D eigenvalue weighted by Crippen LogP contribution is 2.65. The van der Waals surface area contributed by atoms with Crippen molar-refractivity contribution in [1.82, 2.24) is 5.01 Å². The molecule has 2 bridgehead atoms. The van der Waals surface area contributed by atoms with Gasteiger partial charge >= 0.3 is 0 Å². The average Bonchev–Trinajstić information content (AvgIpc) is 3.61. The molecule has 0 N–H and O–H groups in total. The van der Waals surface area contributed by atoms with Crippen molar-refractivity contribution in [2.45, 2.75) is 13.0 Å². The van der Waals surface area contributed by atoms with Crippen LogP contribution in [-0.2, 0) is 16.2 Å². The van der Waals surface area contributed by atoms with Gasteiger partial charge in [-0.2, -0.15) is 10.1 Å². The molecule has 2 saturated carbocycles. The predicted octanol–water partition coefficient (Wildman–Crippen LogP) is 4.42. The first-order chi connectivity index (χ1) is 16.1. The van der Waals surface area contributed by atoms with Gasteiger partial charge in [0.1, 0.15) is 6.61 Å². The van der Waals surface area contributed by atoms with E-state index >= 15 is 0 Å². The summed E-state index contributed by atoms with van der Waals surface area (Å²) >= 11 is 3.55. The first kappa shape index (κ1) is 20.7. The molecule has 3 fully saturated rings. The molecule has 168 valence electrons. The first-order valence-electron chi connectivity index (χ1n) is 11.2. The predicted molar refractivity (Wildman–Crippen MR) is 126 cm³/mol. The SMILES string of the molecule is COc1cc(C=NN2C(=O)[C@@H]3[C@H]4C=C[C@@H]([C@@H]5C[C@H]45)[C@@H]3C2=O)cc(Br)c1OCc1ccccc1. The molecule has 5 aliphatic rings. The molecular weight excluding hydrogens is 484 g/mol. The second-order valence-corrected chi connectivity index (χ2v) is 10.1. The van der Waals surface area contributed by atoms with Crippen LogP contribution in [0, 0.1) is 35.5 Å². The van der Waals surface area contributed by atoms with Gasteiger partial charge in [0.2, 0.25) is 0 Å². The summed E-state index contributed by atoms with van der Waals surface area (Å²) in [6.07, 6.45) is 7.01. The minimum Gasteiger partial charge on any atom is -0.493 e. The maximum Gasteiger partial charge on any atom is 0.254 e. The molecule has 0 radical (unpaired) electrons. The molecule has 7 heteroatoms. The summed E-state index contributed by atoms with van der Waals surface area (Å²) in [4.78, 5) is 26.2. The Kier molecular flexibility index (Phi) is 4.91. The Morgan fingerprint density at radius 1 is 1.06 bits per heavy atom. The fraction of sp³-hybridized carbons (Fsp3) is 0.346. The third-order valence-corrected chi connectivity index (χ3v) is 8.03. The van der Waals surface area contributed by atoms with Crippen molar-refractivity contribution in [3.05, 3.63) is 70.2 Å². The lowest BCUT2D eigenvalue weighted by Crippen LogP contribution is -2.40. The van der Waals surface area contributed by atoms with Crippen molar-refractivity contribution < 1.29 is 19.1 Å². The molecule has 33 heavy (non-hydrogen) atoms. The van der Waals surface area contributed by atoms with Crippen LogP contribution in [0.4, 0.5) is 0 Å². The monoisotopic (exact) mass is 506 g/mol. The number of ether oxygens (including phenoxy) is 2. The smallest absolute Gasteiger partial charge is 0.254 e. The quantitative estimate of drug-likeness (QED) is 0.330. The maximum absolute atomic E-state index is 13.1. The Labute approximate surface area is 200 Å². The Hall–Kier alpha value is -2.93.